The number of hydrogen-bond acceptors (Lipinski definition) is 4. The number of nitrogens with zero attached hydrogens (tertiary/aromatic N) is 3. The van der Waals surface area contributed by atoms with E-state index in [1.54, 1.807) is 0 Å². The molecule has 0 aliphatic rings. The predicted octanol–water partition coefficient (Wildman–Crippen LogP) is 4.48. The van der Waals surface area contributed by atoms with Crippen LogP contribution in [0.5, 0.6) is 0 Å². The van der Waals surface area contributed by atoms with Crippen molar-refractivity contribution in [1.82, 2.24) is 14.8 Å². The Morgan fingerprint density at radius 3 is 2.69 bits per heavy atom. The number of rotatable bonds is 5. The molecule has 134 valence electrons. The first kappa shape index (κ1) is 18.5. The van der Waals surface area contributed by atoms with E-state index < -0.39 is 0 Å². The fraction of sp³-hybridized carbons (Fsp3) is 0.211. The number of anilines is 1. The number of aryl methyl sites for hydroxylation is 1. The summed E-state index contributed by atoms with van der Waals surface area (Å²) >= 11 is 7.57. The zero-order chi connectivity index (χ0) is 18.7. The molecule has 0 saturated carbocycles. The molecule has 0 radical (unpaired) electrons. The van der Waals surface area contributed by atoms with Crippen molar-refractivity contribution in [3.05, 3.63) is 58.6 Å². The Morgan fingerprint density at radius 2 is 1.92 bits per heavy atom. The van der Waals surface area contributed by atoms with Gasteiger partial charge in [0.1, 0.15) is 0 Å². The predicted molar refractivity (Wildman–Crippen MR) is 107 cm³/mol. The van der Waals surface area contributed by atoms with Gasteiger partial charge in [0, 0.05) is 18.3 Å². The molecular weight excluding hydrogens is 368 g/mol. The molecule has 0 aliphatic carbocycles. The molecule has 0 fully saturated rings. The summed E-state index contributed by atoms with van der Waals surface area (Å²) in [4.78, 5) is 12.3. The van der Waals surface area contributed by atoms with E-state index in [2.05, 4.69) is 15.5 Å². The lowest BCUT2D eigenvalue weighted by molar-refractivity contribution is -0.113. The van der Waals surface area contributed by atoms with E-state index >= 15 is 0 Å². The third-order valence-electron chi connectivity index (χ3n) is 4.16. The highest BCUT2D eigenvalue weighted by atomic mass is 35.5. The zero-order valence-corrected chi connectivity index (χ0v) is 16.4. The molecule has 5 nitrogen and oxygen atoms in total. The molecule has 3 rings (SSSR count). The van der Waals surface area contributed by atoms with Crippen LogP contribution in [0.3, 0.4) is 0 Å². The number of carbonyl (C=O) groups is 1. The number of amides is 1. The standard InChI is InChI=1S/C19H19ClN4OS/c1-12-7-6-10-16(13(12)2)21-17(25)11-26-19-23-22-18(24(19)3)14-8-4-5-9-15(14)20/h4-10H,11H2,1-3H3,(H,21,25). The summed E-state index contributed by atoms with van der Waals surface area (Å²) in [5.41, 5.74) is 3.87. The van der Waals surface area contributed by atoms with Crippen LogP contribution in [0.15, 0.2) is 47.6 Å². The summed E-state index contributed by atoms with van der Waals surface area (Å²) < 4.78 is 1.84. The van der Waals surface area contributed by atoms with E-state index in [1.165, 1.54) is 11.8 Å². The maximum absolute atomic E-state index is 12.3. The average molecular weight is 387 g/mol. The van der Waals surface area contributed by atoms with Crippen LogP contribution in [0.25, 0.3) is 11.4 Å². The highest BCUT2D eigenvalue weighted by Crippen LogP contribution is 2.28. The molecule has 0 unspecified atom stereocenters. The largest absolute Gasteiger partial charge is 0.325 e. The summed E-state index contributed by atoms with van der Waals surface area (Å²) in [6.45, 7) is 4.02. The Labute approximate surface area is 161 Å². The van der Waals surface area contributed by atoms with E-state index in [4.69, 9.17) is 11.6 Å². The molecule has 0 bridgehead atoms. The van der Waals surface area contributed by atoms with Gasteiger partial charge in [-0.3, -0.25) is 4.79 Å². The van der Waals surface area contributed by atoms with Gasteiger partial charge in [0.25, 0.3) is 0 Å². The smallest absolute Gasteiger partial charge is 0.234 e. The Morgan fingerprint density at radius 1 is 1.15 bits per heavy atom. The summed E-state index contributed by atoms with van der Waals surface area (Å²) in [7, 11) is 1.86. The van der Waals surface area contributed by atoms with Crippen LogP contribution in [-0.4, -0.2) is 26.4 Å². The summed E-state index contributed by atoms with van der Waals surface area (Å²) in [5, 5.41) is 12.6. The maximum atomic E-state index is 12.3. The van der Waals surface area contributed by atoms with Crippen molar-refractivity contribution in [3.63, 3.8) is 0 Å². The van der Waals surface area contributed by atoms with Crippen molar-refractivity contribution in [1.29, 1.82) is 0 Å². The summed E-state index contributed by atoms with van der Waals surface area (Å²) in [5.74, 6) is 0.848. The molecule has 7 heteroatoms. The molecule has 0 saturated heterocycles. The van der Waals surface area contributed by atoms with Gasteiger partial charge in [0.05, 0.1) is 10.8 Å². The minimum absolute atomic E-state index is 0.0778. The number of thioether (sulfide) groups is 1. The van der Waals surface area contributed by atoms with Crippen molar-refractivity contribution in [2.75, 3.05) is 11.1 Å². The second-order valence-corrected chi connectivity index (χ2v) is 7.28. The fourth-order valence-corrected chi connectivity index (χ4v) is 3.45. The first-order valence-corrected chi connectivity index (χ1v) is 9.47. The topological polar surface area (TPSA) is 59.8 Å². The number of hydrogen-bond donors (Lipinski definition) is 1. The lowest BCUT2D eigenvalue weighted by atomic mass is 10.1. The number of nitrogens with one attached hydrogen (secondary N) is 1. The summed E-state index contributed by atoms with van der Waals surface area (Å²) in [6, 6.07) is 13.3. The maximum Gasteiger partial charge on any atom is 0.234 e. The Balaban J connectivity index is 1.68. The Hall–Kier alpha value is -2.31. The molecular formula is C19H19ClN4OS. The van der Waals surface area contributed by atoms with Crippen molar-refractivity contribution in [2.24, 2.45) is 7.05 Å². The molecule has 0 atom stereocenters. The highest BCUT2D eigenvalue weighted by Gasteiger charge is 2.15. The highest BCUT2D eigenvalue weighted by molar-refractivity contribution is 7.99. The molecule has 0 spiro atoms. The quantitative estimate of drug-likeness (QED) is 0.656. The van der Waals surface area contributed by atoms with Crippen molar-refractivity contribution in [3.8, 4) is 11.4 Å². The average Bonchev–Trinajstić information content (AvgIpc) is 2.98. The summed E-state index contributed by atoms with van der Waals surface area (Å²) in [6.07, 6.45) is 0. The molecule has 3 aromatic rings. The van der Waals surface area contributed by atoms with Gasteiger partial charge in [-0.05, 0) is 43.2 Å². The van der Waals surface area contributed by atoms with Crippen LogP contribution in [0.1, 0.15) is 11.1 Å². The van der Waals surface area contributed by atoms with E-state index in [0.717, 1.165) is 22.4 Å². The van der Waals surface area contributed by atoms with E-state index in [1.807, 2.05) is 67.9 Å². The van der Waals surface area contributed by atoms with Gasteiger partial charge in [-0.1, -0.05) is 47.6 Å². The van der Waals surface area contributed by atoms with E-state index in [9.17, 15) is 4.79 Å². The number of benzene rings is 2. The molecule has 2 aromatic carbocycles. The molecule has 1 amide bonds. The van der Waals surface area contributed by atoms with Crippen molar-refractivity contribution in [2.45, 2.75) is 19.0 Å². The second-order valence-electron chi connectivity index (χ2n) is 5.93. The van der Waals surface area contributed by atoms with Gasteiger partial charge in [-0.15, -0.1) is 10.2 Å². The molecule has 26 heavy (non-hydrogen) atoms. The van der Waals surface area contributed by atoms with Crippen LogP contribution < -0.4 is 5.32 Å². The van der Waals surface area contributed by atoms with Gasteiger partial charge < -0.3 is 9.88 Å². The van der Waals surface area contributed by atoms with E-state index in [0.29, 0.717) is 16.0 Å². The second kappa shape index (κ2) is 7.93. The minimum atomic E-state index is -0.0778. The number of aromatic nitrogens is 3. The lowest BCUT2D eigenvalue weighted by Crippen LogP contribution is -2.15. The van der Waals surface area contributed by atoms with Gasteiger partial charge in [0.15, 0.2) is 11.0 Å². The fourth-order valence-electron chi connectivity index (χ4n) is 2.52. The van der Waals surface area contributed by atoms with Gasteiger partial charge >= 0.3 is 0 Å². The minimum Gasteiger partial charge on any atom is -0.325 e. The van der Waals surface area contributed by atoms with E-state index in [-0.39, 0.29) is 11.7 Å². The van der Waals surface area contributed by atoms with Crippen molar-refractivity contribution < 1.29 is 4.79 Å². The van der Waals surface area contributed by atoms with Crippen LogP contribution in [-0.2, 0) is 11.8 Å². The van der Waals surface area contributed by atoms with Crippen LogP contribution in [0, 0.1) is 13.8 Å². The Bertz CT molecular complexity index is 954. The first-order valence-electron chi connectivity index (χ1n) is 8.10. The SMILES string of the molecule is Cc1cccc(NC(=O)CSc2nnc(-c3ccccc3Cl)n2C)c1C. The number of carbonyl (C=O) groups excluding carboxylic acids is 1. The normalized spacial score (nSPS) is 10.8. The van der Waals surface area contributed by atoms with Crippen molar-refractivity contribution >= 4 is 35.0 Å². The third-order valence-corrected chi connectivity index (χ3v) is 5.51. The monoisotopic (exact) mass is 386 g/mol. The molecule has 1 N–H and O–H groups in total. The third kappa shape index (κ3) is 3.92. The van der Waals surface area contributed by atoms with Gasteiger partial charge in [-0.25, -0.2) is 0 Å². The zero-order valence-electron chi connectivity index (χ0n) is 14.8. The molecule has 1 heterocycles. The lowest BCUT2D eigenvalue weighted by Gasteiger charge is -2.10. The van der Waals surface area contributed by atoms with Crippen LogP contribution in [0.2, 0.25) is 5.02 Å². The van der Waals surface area contributed by atoms with Crippen LogP contribution >= 0.6 is 23.4 Å². The number of halogens is 1. The first-order chi connectivity index (χ1) is 12.5. The van der Waals surface area contributed by atoms with Gasteiger partial charge in [-0.2, -0.15) is 0 Å². The van der Waals surface area contributed by atoms with Gasteiger partial charge in [0.2, 0.25) is 5.91 Å². The Kier molecular flexibility index (Phi) is 5.64. The molecule has 0 aliphatic heterocycles. The molecule has 1 aromatic heterocycles. The van der Waals surface area contributed by atoms with Crippen LogP contribution in [0.4, 0.5) is 5.69 Å².